The van der Waals surface area contributed by atoms with E-state index in [1.807, 2.05) is 36.4 Å². The molecule has 1 atom stereocenters. The maximum absolute atomic E-state index is 13.1. The maximum atomic E-state index is 13.1. The van der Waals surface area contributed by atoms with Gasteiger partial charge in [0, 0.05) is 18.8 Å². The minimum atomic E-state index is -1.13. The van der Waals surface area contributed by atoms with Crippen molar-refractivity contribution in [2.75, 3.05) is 18.6 Å². The van der Waals surface area contributed by atoms with Crippen molar-refractivity contribution in [1.82, 2.24) is 10.3 Å². The van der Waals surface area contributed by atoms with Crippen LogP contribution in [0.15, 0.2) is 66.9 Å². The third kappa shape index (κ3) is 5.25. The highest BCUT2D eigenvalue weighted by molar-refractivity contribution is 6.03. The summed E-state index contributed by atoms with van der Waals surface area (Å²) < 4.78 is 5.84. The van der Waals surface area contributed by atoms with Crippen LogP contribution >= 0.6 is 0 Å². The molecule has 0 radical (unpaired) electrons. The number of benzene rings is 2. The normalized spacial score (nSPS) is 15.4. The number of hydrogen-bond donors (Lipinski definition) is 2. The van der Waals surface area contributed by atoms with Gasteiger partial charge in [0.1, 0.15) is 29.7 Å². The van der Waals surface area contributed by atoms with Crippen LogP contribution < -0.4 is 15.0 Å². The van der Waals surface area contributed by atoms with Crippen LogP contribution in [0.2, 0.25) is 0 Å². The first-order valence-corrected chi connectivity index (χ1v) is 10.8. The Morgan fingerprint density at radius 1 is 1.15 bits per heavy atom. The lowest BCUT2D eigenvalue weighted by Crippen LogP contribution is -2.49. The van der Waals surface area contributed by atoms with Crippen LogP contribution in [0.5, 0.6) is 5.75 Å². The van der Waals surface area contributed by atoms with E-state index >= 15 is 0 Å². The Hall–Kier alpha value is -4.15. The molecular formula is C27H25N3O4. The highest BCUT2D eigenvalue weighted by Gasteiger charge is 2.31. The molecule has 2 amide bonds. The molecule has 2 heterocycles. The quantitative estimate of drug-likeness (QED) is 0.593. The van der Waals surface area contributed by atoms with E-state index in [0.29, 0.717) is 17.0 Å². The third-order valence-electron chi connectivity index (χ3n) is 5.27. The summed E-state index contributed by atoms with van der Waals surface area (Å²) in [5.74, 6) is 5.38. The average molecular weight is 456 g/mol. The Labute approximate surface area is 198 Å². The van der Waals surface area contributed by atoms with Crippen molar-refractivity contribution in [2.45, 2.75) is 25.5 Å². The fourth-order valence-corrected chi connectivity index (χ4v) is 3.50. The number of anilines is 1. The van der Waals surface area contributed by atoms with Gasteiger partial charge >= 0.3 is 0 Å². The predicted molar refractivity (Wildman–Crippen MR) is 129 cm³/mol. The van der Waals surface area contributed by atoms with E-state index in [0.717, 1.165) is 11.1 Å². The number of aliphatic hydroxyl groups is 1. The number of fused-ring (bicyclic) bond motifs is 1. The van der Waals surface area contributed by atoms with Crippen LogP contribution in [0.25, 0.3) is 11.1 Å². The van der Waals surface area contributed by atoms with Crippen LogP contribution in [0.4, 0.5) is 5.69 Å². The molecule has 0 aliphatic carbocycles. The Balaban J connectivity index is 1.52. The van der Waals surface area contributed by atoms with E-state index < -0.39 is 17.6 Å². The molecule has 0 saturated heterocycles. The SMILES string of the molecule is CN1C(=O)[C@@H](NC(=O)c2cc(-c3ccccc3)ccn2)COc2ccc(C#CC(C)(C)O)cc21. The van der Waals surface area contributed by atoms with Crippen molar-refractivity contribution in [1.29, 1.82) is 0 Å². The summed E-state index contributed by atoms with van der Waals surface area (Å²) in [4.78, 5) is 31.7. The van der Waals surface area contributed by atoms with E-state index in [-0.39, 0.29) is 18.2 Å². The van der Waals surface area contributed by atoms with E-state index in [4.69, 9.17) is 4.74 Å². The molecule has 172 valence electrons. The number of hydrogen-bond acceptors (Lipinski definition) is 5. The molecule has 0 bridgehead atoms. The van der Waals surface area contributed by atoms with Gasteiger partial charge < -0.3 is 20.1 Å². The van der Waals surface area contributed by atoms with Gasteiger partial charge in [0.15, 0.2) is 0 Å². The van der Waals surface area contributed by atoms with E-state index in [1.165, 1.54) is 4.90 Å². The summed E-state index contributed by atoms with van der Waals surface area (Å²) in [7, 11) is 1.62. The minimum absolute atomic E-state index is 0.0189. The zero-order valence-electron chi connectivity index (χ0n) is 19.2. The fraction of sp³-hybridized carbons (Fsp3) is 0.222. The summed E-state index contributed by atoms with van der Waals surface area (Å²) in [6.07, 6.45) is 1.57. The van der Waals surface area contributed by atoms with Crippen molar-refractivity contribution >= 4 is 17.5 Å². The predicted octanol–water partition coefficient (Wildman–Crippen LogP) is 3.02. The number of amides is 2. The van der Waals surface area contributed by atoms with E-state index in [1.54, 1.807) is 51.4 Å². The summed E-state index contributed by atoms with van der Waals surface area (Å²) >= 11 is 0. The van der Waals surface area contributed by atoms with Gasteiger partial charge in [0.05, 0.1) is 5.69 Å². The highest BCUT2D eigenvalue weighted by Crippen LogP contribution is 2.31. The van der Waals surface area contributed by atoms with Gasteiger partial charge in [0.25, 0.3) is 11.8 Å². The topological polar surface area (TPSA) is 91.8 Å². The molecule has 1 aliphatic heterocycles. The summed E-state index contributed by atoms with van der Waals surface area (Å²) in [5, 5.41) is 12.6. The molecule has 1 aromatic heterocycles. The lowest BCUT2D eigenvalue weighted by molar-refractivity contribution is -0.120. The first kappa shape index (κ1) is 23.0. The second-order valence-electron chi connectivity index (χ2n) is 8.52. The molecule has 0 spiro atoms. The van der Waals surface area contributed by atoms with Gasteiger partial charge in [-0.2, -0.15) is 0 Å². The lowest BCUT2D eigenvalue weighted by atomic mass is 10.1. The molecule has 0 fully saturated rings. The van der Waals surface area contributed by atoms with Crippen molar-refractivity contribution in [2.24, 2.45) is 0 Å². The number of rotatable bonds is 3. The van der Waals surface area contributed by atoms with Crippen molar-refractivity contribution in [3.8, 4) is 28.7 Å². The number of pyridine rings is 1. The smallest absolute Gasteiger partial charge is 0.270 e. The number of aromatic nitrogens is 1. The van der Waals surface area contributed by atoms with Crippen molar-refractivity contribution in [3.63, 3.8) is 0 Å². The number of nitrogens with zero attached hydrogens (tertiary/aromatic N) is 2. The number of likely N-dealkylation sites (N-methyl/N-ethyl adjacent to an activating group) is 1. The average Bonchev–Trinajstić information content (AvgIpc) is 2.95. The molecule has 1 aliphatic rings. The maximum Gasteiger partial charge on any atom is 0.270 e. The Bertz CT molecular complexity index is 1290. The first-order chi connectivity index (χ1) is 16.2. The van der Waals surface area contributed by atoms with Gasteiger partial charge in [-0.3, -0.25) is 14.6 Å². The Morgan fingerprint density at radius 3 is 2.65 bits per heavy atom. The fourth-order valence-electron chi connectivity index (χ4n) is 3.50. The summed E-state index contributed by atoms with van der Waals surface area (Å²) in [6.45, 7) is 3.18. The molecule has 0 saturated carbocycles. The highest BCUT2D eigenvalue weighted by atomic mass is 16.5. The summed E-state index contributed by atoms with van der Waals surface area (Å²) in [6, 6.07) is 17.5. The monoisotopic (exact) mass is 455 g/mol. The molecule has 3 aromatic rings. The van der Waals surface area contributed by atoms with Crippen molar-refractivity contribution in [3.05, 3.63) is 78.1 Å². The second-order valence-corrected chi connectivity index (χ2v) is 8.52. The van der Waals surface area contributed by atoms with Crippen molar-refractivity contribution < 1.29 is 19.4 Å². The van der Waals surface area contributed by atoms with Gasteiger partial charge in [-0.25, -0.2) is 0 Å². The van der Waals surface area contributed by atoms with Gasteiger partial charge in [-0.15, -0.1) is 0 Å². The number of nitrogens with one attached hydrogen (secondary N) is 1. The molecule has 4 rings (SSSR count). The number of ether oxygens (including phenoxy) is 1. The number of carbonyl (C=O) groups is 2. The van der Waals surface area contributed by atoms with Crippen LogP contribution in [-0.4, -0.2) is 47.2 Å². The molecule has 0 unspecified atom stereocenters. The van der Waals surface area contributed by atoms with Gasteiger partial charge in [-0.1, -0.05) is 42.2 Å². The molecule has 2 aromatic carbocycles. The Morgan fingerprint density at radius 2 is 1.91 bits per heavy atom. The van der Waals surface area contributed by atoms with E-state index in [2.05, 4.69) is 22.1 Å². The summed E-state index contributed by atoms with van der Waals surface area (Å²) in [5.41, 5.74) is 2.07. The van der Waals surface area contributed by atoms with Gasteiger partial charge in [-0.05, 0) is 55.3 Å². The zero-order chi connectivity index (χ0) is 24.3. The van der Waals surface area contributed by atoms with Gasteiger partial charge in [0.2, 0.25) is 0 Å². The largest absolute Gasteiger partial charge is 0.489 e. The minimum Gasteiger partial charge on any atom is -0.489 e. The molecule has 34 heavy (non-hydrogen) atoms. The van der Waals surface area contributed by atoms with Crippen LogP contribution in [0.1, 0.15) is 29.9 Å². The number of carbonyl (C=O) groups excluding carboxylic acids is 2. The molecular weight excluding hydrogens is 430 g/mol. The molecule has 7 nitrogen and oxygen atoms in total. The zero-order valence-corrected chi connectivity index (χ0v) is 19.2. The molecule has 2 N–H and O–H groups in total. The van der Waals surface area contributed by atoms with Crippen LogP contribution in [0, 0.1) is 11.8 Å². The lowest BCUT2D eigenvalue weighted by Gasteiger charge is -2.20. The van der Waals surface area contributed by atoms with Crippen LogP contribution in [0.3, 0.4) is 0 Å². The first-order valence-electron chi connectivity index (χ1n) is 10.8. The Kier molecular flexibility index (Phi) is 6.35. The standard InChI is InChI=1S/C27H25N3O4/c1-27(2,33)13-11-18-9-10-24-23(15-18)30(3)26(32)22(17-34-24)29-25(31)21-16-20(12-14-28-21)19-7-5-4-6-8-19/h4-10,12,14-16,22,33H,17H2,1-3H3,(H,29,31)/t22-/m0/s1. The van der Waals surface area contributed by atoms with E-state index in [9.17, 15) is 14.7 Å². The molecule has 7 heteroatoms. The van der Waals surface area contributed by atoms with Crippen LogP contribution in [-0.2, 0) is 4.79 Å². The second kappa shape index (κ2) is 9.38. The third-order valence-corrected chi connectivity index (χ3v) is 5.27.